The first-order valence-corrected chi connectivity index (χ1v) is 5.29. The van der Waals surface area contributed by atoms with Crippen molar-refractivity contribution in [2.24, 2.45) is 0 Å². The smallest absolute Gasteiger partial charge is 0.0206 e. The highest BCUT2D eigenvalue weighted by atomic mass is 15.1. The summed E-state index contributed by atoms with van der Waals surface area (Å²) < 4.78 is 0. The number of likely N-dealkylation sites (N-methyl/N-ethyl adjacent to an activating group) is 1. The lowest BCUT2D eigenvalue weighted by molar-refractivity contribution is 0.400. The van der Waals surface area contributed by atoms with Gasteiger partial charge in [-0.25, -0.2) is 0 Å². The van der Waals surface area contributed by atoms with Gasteiger partial charge < -0.3 is 10.2 Å². The molecule has 0 aliphatic rings. The highest BCUT2D eigenvalue weighted by Crippen LogP contribution is 2.05. The van der Waals surface area contributed by atoms with Crippen LogP contribution in [0.2, 0.25) is 0 Å². The molecule has 2 heteroatoms. The number of nitrogens with zero attached hydrogens (tertiary/aromatic N) is 1. The third-order valence-electron chi connectivity index (χ3n) is 2.25. The highest BCUT2D eigenvalue weighted by molar-refractivity contribution is 5.47. The summed E-state index contributed by atoms with van der Waals surface area (Å²) in [6.07, 6.45) is 1.88. The molecule has 0 fully saturated rings. The zero-order chi connectivity index (χ0) is 11.1. The molecule has 1 rings (SSSR count). The zero-order valence-electron chi connectivity index (χ0n) is 9.66. The van der Waals surface area contributed by atoms with Crippen LogP contribution in [0.5, 0.6) is 0 Å². The van der Waals surface area contributed by atoms with E-state index in [1.165, 1.54) is 11.1 Å². The summed E-state index contributed by atoms with van der Waals surface area (Å²) in [5.41, 5.74) is 2.49. The SMILES string of the molecule is C=Cc1cccc(CNCCN(C)C)c1. The van der Waals surface area contributed by atoms with Crippen molar-refractivity contribution >= 4 is 6.08 Å². The fourth-order valence-corrected chi connectivity index (χ4v) is 1.37. The Balaban J connectivity index is 2.34. The molecule has 2 nitrogen and oxygen atoms in total. The lowest BCUT2D eigenvalue weighted by Crippen LogP contribution is -2.26. The lowest BCUT2D eigenvalue weighted by Gasteiger charge is -2.10. The molecule has 0 aromatic heterocycles. The summed E-state index contributed by atoms with van der Waals surface area (Å²) in [7, 11) is 4.17. The maximum atomic E-state index is 3.76. The van der Waals surface area contributed by atoms with E-state index in [1.54, 1.807) is 0 Å². The van der Waals surface area contributed by atoms with Gasteiger partial charge in [-0.15, -0.1) is 0 Å². The van der Waals surface area contributed by atoms with Crippen molar-refractivity contribution in [3.8, 4) is 0 Å². The summed E-state index contributed by atoms with van der Waals surface area (Å²) in [5.74, 6) is 0. The van der Waals surface area contributed by atoms with E-state index < -0.39 is 0 Å². The maximum Gasteiger partial charge on any atom is 0.0206 e. The number of benzene rings is 1. The van der Waals surface area contributed by atoms with Gasteiger partial charge in [0.25, 0.3) is 0 Å². The molecule has 0 unspecified atom stereocenters. The van der Waals surface area contributed by atoms with Crippen molar-refractivity contribution < 1.29 is 0 Å². The van der Waals surface area contributed by atoms with E-state index in [1.807, 2.05) is 6.08 Å². The Morgan fingerprint density at radius 3 is 2.87 bits per heavy atom. The molecular weight excluding hydrogens is 184 g/mol. The monoisotopic (exact) mass is 204 g/mol. The Bertz CT molecular complexity index is 305. The van der Waals surface area contributed by atoms with E-state index in [4.69, 9.17) is 0 Å². The van der Waals surface area contributed by atoms with Crippen molar-refractivity contribution in [3.05, 3.63) is 42.0 Å². The predicted octanol–water partition coefficient (Wildman–Crippen LogP) is 1.98. The van der Waals surface area contributed by atoms with Crippen molar-refractivity contribution in [1.82, 2.24) is 10.2 Å². The second kappa shape index (κ2) is 6.38. The van der Waals surface area contributed by atoms with Crippen LogP contribution in [0.4, 0.5) is 0 Å². The fraction of sp³-hybridized carbons (Fsp3) is 0.385. The van der Waals surface area contributed by atoms with E-state index in [9.17, 15) is 0 Å². The molecule has 0 spiro atoms. The van der Waals surface area contributed by atoms with Gasteiger partial charge >= 0.3 is 0 Å². The average molecular weight is 204 g/mol. The molecule has 0 heterocycles. The lowest BCUT2D eigenvalue weighted by atomic mass is 10.1. The Morgan fingerprint density at radius 1 is 1.40 bits per heavy atom. The molecule has 82 valence electrons. The molecule has 0 aliphatic carbocycles. The van der Waals surface area contributed by atoms with Gasteiger partial charge in [-0.3, -0.25) is 0 Å². The molecule has 1 N–H and O–H groups in total. The molecule has 0 bridgehead atoms. The second-order valence-electron chi connectivity index (χ2n) is 3.93. The van der Waals surface area contributed by atoms with E-state index in [-0.39, 0.29) is 0 Å². The van der Waals surface area contributed by atoms with Gasteiger partial charge in [0.1, 0.15) is 0 Å². The molecular formula is C13H20N2. The molecule has 0 saturated carbocycles. The van der Waals surface area contributed by atoms with Gasteiger partial charge in [0.05, 0.1) is 0 Å². The van der Waals surface area contributed by atoms with Crippen LogP contribution in [0, 0.1) is 0 Å². The van der Waals surface area contributed by atoms with Gasteiger partial charge in [0, 0.05) is 19.6 Å². The van der Waals surface area contributed by atoms with Crippen LogP contribution in [0.3, 0.4) is 0 Å². The van der Waals surface area contributed by atoms with Crippen LogP contribution in [0.15, 0.2) is 30.8 Å². The van der Waals surface area contributed by atoms with Crippen molar-refractivity contribution in [2.75, 3.05) is 27.2 Å². The molecule has 0 aliphatic heterocycles. The molecule has 0 atom stereocenters. The first-order valence-electron chi connectivity index (χ1n) is 5.29. The zero-order valence-corrected chi connectivity index (χ0v) is 9.66. The third kappa shape index (κ3) is 4.77. The third-order valence-corrected chi connectivity index (χ3v) is 2.25. The van der Waals surface area contributed by atoms with Crippen molar-refractivity contribution in [3.63, 3.8) is 0 Å². The van der Waals surface area contributed by atoms with Gasteiger partial charge in [-0.2, -0.15) is 0 Å². The van der Waals surface area contributed by atoms with E-state index in [0.717, 1.165) is 19.6 Å². The molecule has 1 aromatic rings. The van der Waals surface area contributed by atoms with Gasteiger partial charge in [-0.05, 0) is 25.2 Å². The topological polar surface area (TPSA) is 15.3 Å². The standard InChI is InChI=1S/C13H20N2/c1-4-12-6-5-7-13(10-12)11-14-8-9-15(2)3/h4-7,10,14H,1,8-9,11H2,2-3H3. The van der Waals surface area contributed by atoms with Gasteiger partial charge in [-0.1, -0.05) is 36.9 Å². The largest absolute Gasteiger partial charge is 0.311 e. The highest BCUT2D eigenvalue weighted by Gasteiger charge is 1.94. The fourth-order valence-electron chi connectivity index (χ4n) is 1.37. The number of hydrogen-bond acceptors (Lipinski definition) is 2. The number of rotatable bonds is 6. The van der Waals surface area contributed by atoms with Crippen LogP contribution in [0.25, 0.3) is 6.08 Å². The Morgan fingerprint density at radius 2 is 2.20 bits per heavy atom. The predicted molar refractivity (Wildman–Crippen MR) is 66.8 cm³/mol. The quantitative estimate of drug-likeness (QED) is 0.713. The molecule has 0 saturated heterocycles. The minimum atomic E-state index is 0.926. The minimum Gasteiger partial charge on any atom is -0.311 e. The summed E-state index contributed by atoms with van der Waals surface area (Å²) >= 11 is 0. The molecule has 0 amide bonds. The second-order valence-corrected chi connectivity index (χ2v) is 3.93. The number of nitrogens with one attached hydrogen (secondary N) is 1. The van der Waals surface area contributed by atoms with E-state index in [0.29, 0.717) is 0 Å². The first-order chi connectivity index (χ1) is 7.22. The van der Waals surface area contributed by atoms with Crippen LogP contribution in [-0.2, 0) is 6.54 Å². The summed E-state index contributed by atoms with van der Waals surface area (Å²) in [6.45, 7) is 6.78. The van der Waals surface area contributed by atoms with Gasteiger partial charge in [0.2, 0.25) is 0 Å². The van der Waals surface area contributed by atoms with Crippen LogP contribution in [0.1, 0.15) is 11.1 Å². The van der Waals surface area contributed by atoms with E-state index >= 15 is 0 Å². The van der Waals surface area contributed by atoms with Gasteiger partial charge in [0.15, 0.2) is 0 Å². The first kappa shape index (κ1) is 12.0. The Hall–Kier alpha value is -1.12. The van der Waals surface area contributed by atoms with Crippen LogP contribution in [-0.4, -0.2) is 32.1 Å². The average Bonchev–Trinajstić information content (AvgIpc) is 2.24. The van der Waals surface area contributed by atoms with E-state index in [2.05, 4.69) is 55.2 Å². The Kier molecular flexibility index (Phi) is 5.08. The maximum absolute atomic E-state index is 3.76. The molecule has 15 heavy (non-hydrogen) atoms. The Labute approximate surface area is 92.6 Å². The minimum absolute atomic E-state index is 0.926. The number of hydrogen-bond donors (Lipinski definition) is 1. The van der Waals surface area contributed by atoms with Crippen molar-refractivity contribution in [2.45, 2.75) is 6.54 Å². The van der Waals surface area contributed by atoms with Crippen LogP contribution < -0.4 is 5.32 Å². The summed E-state index contributed by atoms with van der Waals surface area (Å²) in [5, 5.41) is 3.41. The molecule has 1 aromatic carbocycles. The van der Waals surface area contributed by atoms with Crippen LogP contribution >= 0.6 is 0 Å². The summed E-state index contributed by atoms with van der Waals surface area (Å²) in [4.78, 5) is 2.17. The summed E-state index contributed by atoms with van der Waals surface area (Å²) in [6, 6.07) is 8.43. The normalized spacial score (nSPS) is 10.6. The molecule has 0 radical (unpaired) electrons. The van der Waals surface area contributed by atoms with Crippen molar-refractivity contribution in [1.29, 1.82) is 0 Å².